The molecule has 32 heavy (non-hydrogen) atoms. The molecule has 0 aromatic heterocycles. The molecule has 0 amide bonds. The molecule has 0 heterocycles. The minimum Gasteiger partial charge on any atom is -0.384 e. The van der Waals surface area contributed by atoms with Crippen molar-refractivity contribution in [3.05, 3.63) is 84.9 Å². The quantitative estimate of drug-likeness (QED) is 0.346. The Morgan fingerprint density at radius 2 is 1.31 bits per heavy atom. The highest BCUT2D eigenvalue weighted by atomic mass is 14.9. The van der Waals surface area contributed by atoms with Crippen LogP contribution in [0.3, 0.4) is 0 Å². The third kappa shape index (κ3) is 2.71. The van der Waals surface area contributed by atoms with Crippen molar-refractivity contribution in [1.82, 2.24) is 0 Å². The third-order valence-corrected chi connectivity index (χ3v) is 8.96. The summed E-state index contributed by atoms with van der Waals surface area (Å²) in [6.45, 7) is 2.26. The minimum atomic E-state index is 0.556. The van der Waals surface area contributed by atoms with Gasteiger partial charge in [-0.1, -0.05) is 72.8 Å². The number of fused-ring (bicyclic) bond motifs is 2. The van der Waals surface area contributed by atoms with Crippen LogP contribution in [0.15, 0.2) is 84.9 Å². The van der Waals surface area contributed by atoms with E-state index in [1.807, 2.05) is 0 Å². The Morgan fingerprint density at radius 3 is 2.03 bits per heavy atom. The first kappa shape index (κ1) is 18.6. The Bertz CT molecular complexity index is 1300. The predicted octanol–water partition coefficient (Wildman–Crippen LogP) is 7.18. The van der Waals surface area contributed by atoms with E-state index in [2.05, 4.69) is 95.6 Å². The first-order chi connectivity index (χ1) is 15.8. The van der Waals surface area contributed by atoms with Gasteiger partial charge in [-0.25, -0.2) is 0 Å². The van der Waals surface area contributed by atoms with Gasteiger partial charge in [0.2, 0.25) is 0 Å². The van der Waals surface area contributed by atoms with Crippen molar-refractivity contribution in [2.24, 2.45) is 29.1 Å². The van der Waals surface area contributed by atoms with E-state index in [1.165, 1.54) is 52.2 Å². The van der Waals surface area contributed by atoms with Crippen LogP contribution < -0.4 is 10.6 Å². The van der Waals surface area contributed by atoms with Gasteiger partial charge in [0.15, 0.2) is 0 Å². The number of anilines is 2. The molecule has 160 valence electrons. The van der Waals surface area contributed by atoms with Crippen molar-refractivity contribution in [2.75, 3.05) is 23.7 Å². The molecule has 0 aliphatic heterocycles. The number of hydrogen-bond acceptors (Lipinski definition) is 2. The molecule has 0 radical (unpaired) electrons. The molecule has 0 spiro atoms. The maximum atomic E-state index is 3.86. The Morgan fingerprint density at radius 1 is 0.688 bits per heavy atom. The summed E-state index contributed by atoms with van der Waals surface area (Å²) in [5.74, 6) is 3.66. The topological polar surface area (TPSA) is 24.1 Å². The Kier molecular flexibility index (Phi) is 4.06. The predicted molar refractivity (Wildman–Crippen MR) is 135 cm³/mol. The maximum Gasteiger partial charge on any atom is 0.0420 e. The second kappa shape index (κ2) is 7.00. The molecule has 3 fully saturated rings. The Balaban J connectivity index is 1.02. The minimum absolute atomic E-state index is 0.556. The summed E-state index contributed by atoms with van der Waals surface area (Å²) in [5.41, 5.74) is 3.16. The van der Waals surface area contributed by atoms with E-state index >= 15 is 0 Å². The summed E-state index contributed by atoms with van der Waals surface area (Å²) in [4.78, 5) is 0. The Hall–Kier alpha value is -3.00. The lowest BCUT2D eigenvalue weighted by Crippen LogP contribution is -2.61. The second-order valence-electron chi connectivity index (χ2n) is 10.5. The van der Waals surface area contributed by atoms with Crippen molar-refractivity contribution in [3.8, 4) is 0 Å². The lowest BCUT2D eigenvalue weighted by molar-refractivity contribution is -0.143. The molecular weight excluding hydrogens is 388 g/mol. The summed E-state index contributed by atoms with van der Waals surface area (Å²) < 4.78 is 0. The van der Waals surface area contributed by atoms with Crippen LogP contribution in [0.25, 0.3) is 21.5 Å². The van der Waals surface area contributed by atoms with Gasteiger partial charge in [0.25, 0.3) is 0 Å². The van der Waals surface area contributed by atoms with Gasteiger partial charge >= 0.3 is 0 Å². The van der Waals surface area contributed by atoms with Crippen LogP contribution in [0.1, 0.15) is 19.3 Å². The molecule has 2 N–H and O–H groups in total. The highest BCUT2D eigenvalue weighted by molar-refractivity contribution is 5.94. The summed E-state index contributed by atoms with van der Waals surface area (Å²) in [7, 11) is 0. The Labute approximate surface area is 190 Å². The van der Waals surface area contributed by atoms with Crippen LogP contribution in [0, 0.1) is 29.1 Å². The number of hydrogen-bond donors (Lipinski definition) is 2. The van der Waals surface area contributed by atoms with Crippen molar-refractivity contribution in [3.63, 3.8) is 0 Å². The van der Waals surface area contributed by atoms with Gasteiger partial charge in [-0.05, 0) is 71.3 Å². The lowest BCUT2D eigenvalue weighted by Gasteiger charge is -2.64. The van der Waals surface area contributed by atoms with E-state index < -0.39 is 0 Å². The average molecular weight is 419 g/mol. The van der Waals surface area contributed by atoms with Gasteiger partial charge in [0.1, 0.15) is 0 Å². The molecule has 3 saturated carbocycles. The fraction of sp³-hybridized carbons (Fsp3) is 0.333. The van der Waals surface area contributed by atoms with Gasteiger partial charge in [-0.2, -0.15) is 0 Å². The molecule has 4 aromatic rings. The van der Waals surface area contributed by atoms with Crippen molar-refractivity contribution in [2.45, 2.75) is 19.3 Å². The zero-order valence-electron chi connectivity index (χ0n) is 18.4. The lowest BCUT2D eigenvalue weighted by atomic mass is 9.41. The van der Waals surface area contributed by atoms with E-state index in [4.69, 9.17) is 0 Å². The van der Waals surface area contributed by atoms with Crippen LogP contribution in [0.2, 0.25) is 0 Å². The molecule has 3 aliphatic rings. The van der Waals surface area contributed by atoms with Gasteiger partial charge in [-0.15, -0.1) is 0 Å². The largest absolute Gasteiger partial charge is 0.384 e. The van der Waals surface area contributed by atoms with E-state index in [-0.39, 0.29) is 0 Å². The maximum absolute atomic E-state index is 3.86. The van der Waals surface area contributed by atoms with Crippen LogP contribution in [-0.2, 0) is 0 Å². The average Bonchev–Trinajstić information content (AvgIpc) is 2.94. The first-order valence-corrected chi connectivity index (χ1v) is 12.2. The normalized spacial score (nSPS) is 29.9. The number of nitrogens with one attached hydrogen (secondary N) is 2. The van der Waals surface area contributed by atoms with Crippen LogP contribution in [0.4, 0.5) is 11.4 Å². The van der Waals surface area contributed by atoms with E-state index in [0.717, 1.165) is 36.8 Å². The standard InChI is InChI=1S/C30H30N2/c1-3-11-24-20(7-1)9-5-13-27(24)31-18-23-15-22-16-30(17-26(23)29(22)30)19-32-28-14-6-10-21-8-2-4-12-25(21)28/h1-14,22-23,26,29,31-32H,15-19H2. The molecule has 7 rings (SSSR count). The van der Waals surface area contributed by atoms with Crippen molar-refractivity contribution < 1.29 is 0 Å². The highest BCUT2D eigenvalue weighted by Crippen LogP contribution is 2.74. The zero-order chi connectivity index (χ0) is 21.1. The van der Waals surface area contributed by atoms with Crippen molar-refractivity contribution in [1.29, 1.82) is 0 Å². The van der Waals surface area contributed by atoms with E-state index in [0.29, 0.717) is 5.41 Å². The molecule has 3 aliphatic carbocycles. The summed E-state index contributed by atoms with van der Waals surface area (Å²) in [6.07, 6.45) is 4.26. The van der Waals surface area contributed by atoms with Crippen LogP contribution in [-0.4, -0.2) is 13.1 Å². The molecule has 5 unspecified atom stereocenters. The molecule has 5 atom stereocenters. The highest BCUT2D eigenvalue weighted by Gasteiger charge is 2.69. The van der Waals surface area contributed by atoms with Gasteiger partial charge in [0.05, 0.1) is 0 Å². The van der Waals surface area contributed by atoms with E-state index in [1.54, 1.807) is 0 Å². The van der Waals surface area contributed by atoms with Crippen LogP contribution >= 0.6 is 0 Å². The molecule has 2 nitrogen and oxygen atoms in total. The second-order valence-corrected chi connectivity index (χ2v) is 10.5. The van der Waals surface area contributed by atoms with Crippen molar-refractivity contribution >= 4 is 32.9 Å². The molecule has 4 aromatic carbocycles. The number of benzene rings is 4. The fourth-order valence-corrected chi connectivity index (χ4v) is 7.61. The smallest absolute Gasteiger partial charge is 0.0420 e. The third-order valence-electron chi connectivity index (χ3n) is 8.96. The zero-order valence-corrected chi connectivity index (χ0v) is 18.4. The molecule has 0 bridgehead atoms. The molecular formula is C30H30N2. The van der Waals surface area contributed by atoms with Gasteiger partial charge < -0.3 is 10.6 Å². The fourth-order valence-electron chi connectivity index (χ4n) is 7.61. The summed E-state index contributed by atoms with van der Waals surface area (Å²) in [5, 5.41) is 13.0. The monoisotopic (exact) mass is 418 g/mol. The summed E-state index contributed by atoms with van der Waals surface area (Å²) in [6, 6.07) is 30.7. The molecule has 0 saturated heterocycles. The van der Waals surface area contributed by atoms with E-state index in [9.17, 15) is 0 Å². The SMILES string of the molecule is c1ccc2c(NCC3CC4CC5(CNc6cccc7ccccc67)CC3C45)cccc2c1. The first-order valence-electron chi connectivity index (χ1n) is 12.2. The van der Waals surface area contributed by atoms with Gasteiger partial charge in [0, 0.05) is 35.2 Å². The molecule has 2 heteroatoms. The van der Waals surface area contributed by atoms with Crippen LogP contribution in [0.5, 0.6) is 0 Å². The summed E-state index contributed by atoms with van der Waals surface area (Å²) >= 11 is 0. The van der Waals surface area contributed by atoms with Gasteiger partial charge in [-0.3, -0.25) is 0 Å². The number of rotatable bonds is 6.